The van der Waals surface area contributed by atoms with Crippen LogP contribution in [0.4, 0.5) is 0 Å². The second-order valence-corrected chi connectivity index (χ2v) is 8.37. The fourth-order valence-corrected chi connectivity index (χ4v) is 5.32. The quantitative estimate of drug-likeness (QED) is 0.894. The lowest BCUT2D eigenvalue weighted by molar-refractivity contribution is 0.0701. The topological polar surface area (TPSA) is 83.5 Å². The van der Waals surface area contributed by atoms with E-state index in [0.29, 0.717) is 11.5 Å². The van der Waals surface area contributed by atoms with Gasteiger partial charge in [-0.25, -0.2) is 17.9 Å². The zero-order valence-corrected chi connectivity index (χ0v) is 13.2. The van der Waals surface area contributed by atoms with E-state index >= 15 is 0 Å². The molecule has 7 heteroatoms. The van der Waals surface area contributed by atoms with Crippen molar-refractivity contribution in [1.82, 2.24) is 4.72 Å². The van der Waals surface area contributed by atoms with Gasteiger partial charge < -0.3 is 5.11 Å². The lowest BCUT2D eigenvalue weighted by Gasteiger charge is -2.28. The molecule has 0 saturated heterocycles. The van der Waals surface area contributed by atoms with Gasteiger partial charge in [0.2, 0.25) is 10.0 Å². The monoisotopic (exact) mass is 317 g/mol. The van der Waals surface area contributed by atoms with Crippen LogP contribution in [0.2, 0.25) is 0 Å². The normalized spacial score (nSPS) is 23.7. The van der Waals surface area contributed by atoms with Crippen LogP contribution < -0.4 is 4.72 Å². The van der Waals surface area contributed by atoms with Crippen molar-refractivity contribution in [3.8, 4) is 0 Å². The molecule has 2 atom stereocenters. The molecule has 0 radical (unpaired) electrons. The molecule has 1 fully saturated rings. The molecule has 2 N–H and O–H groups in total. The van der Waals surface area contributed by atoms with Crippen molar-refractivity contribution in [3.63, 3.8) is 0 Å². The minimum absolute atomic E-state index is 0.0514. The number of carboxylic acid groups (broad SMARTS) is 1. The third-order valence-electron chi connectivity index (χ3n) is 3.77. The number of nitrogens with one attached hydrogen (secondary N) is 1. The maximum absolute atomic E-state index is 12.3. The van der Waals surface area contributed by atoms with Crippen LogP contribution in [0.5, 0.6) is 0 Å². The second-order valence-electron chi connectivity index (χ2n) is 5.37. The van der Waals surface area contributed by atoms with E-state index in [1.54, 1.807) is 6.92 Å². The largest absolute Gasteiger partial charge is 0.477 e. The average molecular weight is 317 g/mol. The van der Waals surface area contributed by atoms with Crippen LogP contribution in [0.1, 0.15) is 47.8 Å². The molecule has 0 aromatic carbocycles. The van der Waals surface area contributed by atoms with Crippen molar-refractivity contribution in [2.45, 2.75) is 49.8 Å². The summed E-state index contributed by atoms with van der Waals surface area (Å²) in [6.07, 6.45) is 4.04. The van der Waals surface area contributed by atoms with E-state index in [0.717, 1.165) is 37.0 Å². The van der Waals surface area contributed by atoms with Crippen molar-refractivity contribution in [1.29, 1.82) is 0 Å². The van der Waals surface area contributed by atoms with Crippen LogP contribution >= 0.6 is 11.3 Å². The minimum atomic E-state index is -3.62. The van der Waals surface area contributed by atoms with E-state index in [4.69, 9.17) is 5.11 Å². The molecule has 1 aliphatic carbocycles. The maximum atomic E-state index is 12.3. The molecule has 2 rings (SSSR count). The first kappa shape index (κ1) is 15.5. The molecule has 1 aliphatic rings. The van der Waals surface area contributed by atoms with Crippen molar-refractivity contribution in [2.24, 2.45) is 5.92 Å². The average Bonchev–Trinajstić information content (AvgIpc) is 2.75. The Morgan fingerprint density at radius 3 is 2.60 bits per heavy atom. The Hall–Kier alpha value is -0.920. The van der Waals surface area contributed by atoms with Gasteiger partial charge in [-0.15, -0.1) is 11.3 Å². The zero-order chi connectivity index (χ0) is 14.9. The Balaban J connectivity index is 2.22. The van der Waals surface area contributed by atoms with Gasteiger partial charge in [-0.2, -0.15) is 0 Å². The summed E-state index contributed by atoms with van der Waals surface area (Å²) in [7, 11) is -3.62. The molecule has 0 bridgehead atoms. The first-order chi connectivity index (χ1) is 9.31. The van der Waals surface area contributed by atoms with Crippen molar-refractivity contribution < 1.29 is 18.3 Å². The molecule has 2 unspecified atom stereocenters. The van der Waals surface area contributed by atoms with Gasteiger partial charge in [0.1, 0.15) is 9.09 Å². The van der Waals surface area contributed by atoms with Crippen LogP contribution in [0.15, 0.2) is 10.3 Å². The highest BCUT2D eigenvalue weighted by atomic mass is 32.2. The molecular weight excluding hydrogens is 298 g/mol. The molecule has 0 amide bonds. The summed E-state index contributed by atoms with van der Waals surface area (Å²) in [4.78, 5) is 11.1. The van der Waals surface area contributed by atoms with Gasteiger partial charge in [0, 0.05) is 6.04 Å². The zero-order valence-electron chi connectivity index (χ0n) is 11.5. The summed E-state index contributed by atoms with van der Waals surface area (Å²) in [5, 5.41) is 9.00. The summed E-state index contributed by atoms with van der Waals surface area (Å²) in [6, 6.07) is 1.38. The number of aromatic carboxylic acids is 1. The molecule has 5 nitrogen and oxygen atoms in total. The molecule has 112 valence electrons. The SMILES string of the molecule is Cc1cc(S(=O)(=O)NC2CCCCC2C)sc1C(=O)O. The third kappa shape index (κ3) is 3.21. The highest BCUT2D eigenvalue weighted by Gasteiger charge is 2.28. The van der Waals surface area contributed by atoms with Crippen LogP contribution in [0.3, 0.4) is 0 Å². The van der Waals surface area contributed by atoms with E-state index in [-0.39, 0.29) is 15.1 Å². The second kappa shape index (κ2) is 5.83. The lowest BCUT2D eigenvalue weighted by atomic mass is 9.87. The van der Waals surface area contributed by atoms with E-state index in [1.807, 2.05) is 0 Å². The highest BCUT2D eigenvalue weighted by molar-refractivity contribution is 7.91. The summed E-state index contributed by atoms with van der Waals surface area (Å²) < 4.78 is 27.5. The Bertz CT molecular complexity index is 606. The lowest BCUT2D eigenvalue weighted by Crippen LogP contribution is -2.40. The summed E-state index contributed by atoms with van der Waals surface area (Å²) in [5.41, 5.74) is 0.486. The summed E-state index contributed by atoms with van der Waals surface area (Å²) in [5.74, 6) is -0.765. The van der Waals surface area contributed by atoms with Gasteiger partial charge in [-0.1, -0.05) is 19.8 Å². The number of thiophene rings is 1. The molecular formula is C13H19NO4S2. The fraction of sp³-hybridized carbons (Fsp3) is 0.615. The number of aryl methyl sites for hydroxylation is 1. The van der Waals surface area contributed by atoms with Gasteiger partial charge in [-0.05, 0) is 37.3 Å². The molecule has 1 heterocycles. The molecule has 1 aromatic rings. The Morgan fingerprint density at radius 2 is 2.05 bits per heavy atom. The fourth-order valence-electron chi connectivity index (χ4n) is 2.55. The van der Waals surface area contributed by atoms with E-state index in [1.165, 1.54) is 6.07 Å². The van der Waals surface area contributed by atoms with Gasteiger partial charge in [-0.3, -0.25) is 0 Å². The molecule has 0 spiro atoms. The van der Waals surface area contributed by atoms with Crippen molar-refractivity contribution >= 4 is 27.3 Å². The number of sulfonamides is 1. The molecule has 20 heavy (non-hydrogen) atoms. The predicted octanol–water partition coefficient (Wildman–Crippen LogP) is 2.61. The first-order valence-corrected chi connectivity index (χ1v) is 8.97. The maximum Gasteiger partial charge on any atom is 0.346 e. The standard InChI is InChI=1S/C13H19NO4S2/c1-8-5-3-4-6-10(8)14-20(17,18)11-7-9(2)12(19-11)13(15)16/h7-8,10,14H,3-6H2,1-2H3,(H,15,16). The Morgan fingerprint density at radius 1 is 1.40 bits per heavy atom. The van der Waals surface area contributed by atoms with E-state index in [2.05, 4.69) is 11.6 Å². The molecule has 1 saturated carbocycles. The molecule has 0 aliphatic heterocycles. The minimum Gasteiger partial charge on any atom is -0.477 e. The predicted molar refractivity (Wildman–Crippen MR) is 77.8 cm³/mol. The Kier molecular flexibility index (Phi) is 4.51. The number of rotatable bonds is 4. The van der Waals surface area contributed by atoms with Gasteiger partial charge in [0.15, 0.2) is 0 Å². The first-order valence-electron chi connectivity index (χ1n) is 6.67. The number of hydrogen-bond acceptors (Lipinski definition) is 4. The molecule has 1 aromatic heterocycles. The smallest absolute Gasteiger partial charge is 0.346 e. The van der Waals surface area contributed by atoms with Gasteiger partial charge in [0.05, 0.1) is 0 Å². The van der Waals surface area contributed by atoms with E-state index < -0.39 is 16.0 Å². The summed E-state index contributed by atoms with van der Waals surface area (Å²) in [6.45, 7) is 3.66. The van der Waals surface area contributed by atoms with Crippen LogP contribution in [-0.2, 0) is 10.0 Å². The van der Waals surface area contributed by atoms with Crippen molar-refractivity contribution in [2.75, 3.05) is 0 Å². The van der Waals surface area contributed by atoms with Crippen molar-refractivity contribution in [3.05, 3.63) is 16.5 Å². The van der Waals surface area contributed by atoms with E-state index in [9.17, 15) is 13.2 Å². The highest BCUT2D eigenvalue weighted by Crippen LogP contribution is 2.29. The third-order valence-corrected chi connectivity index (χ3v) is 6.96. The van der Waals surface area contributed by atoms with Crippen LogP contribution in [0, 0.1) is 12.8 Å². The van der Waals surface area contributed by atoms with Gasteiger partial charge in [0.25, 0.3) is 0 Å². The number of hydrogen-bond donors (Lipinski definition) is 2. The van der Waals surface area contributed by atoms with Crippen LogP contribution in [-0.4, -0.2) is 25.5 Å². The van der Waals surface area contributed by atoms with Gasteiger partial charge >= 0.3 is 5.97 Å². The van der Waals surface area contributed by atoms with Crippen LogP contribution in [0.25, 0.3) is 0 Å². The number of carbonyl (C=O) groups is 1. The number of carboxylic acids is 1. The summed E-state index contributed by atoms with van der Waals surface area (Å²) >= 11 is 0.814. The Labute approximate surface area is 123 Å².